The highest BCUT2D eigenvalue weighted by atomic mass is 16.5. The van der Waals surface area contributed by atoms with Gasteiger partial charge in [-0.25, -0.2) is 9.97 Å². The first kappa shape index (κ1) is 17.6. The molecule has 1 saturated carbocycles. The van der Waals surface area contributed by atoms with Crippen molar-refractivity contribution < 1.29 is 14.3 Å². The third-order valence-corrected chi connectivity index (χ3v) is 6.11. The smallest absolute Gasteiger partial charge is 0.276 e. The monoisotopic (exact) mass is 383 g/mol. The van der Waals surface area contributed by atoms with Crippen LogP contribution in [-0.4, -0.2) is 75.4 Å². The molecule has 4 heterocycles. The van der Waals surface area contributed by atoms with Gasteiger partial charge in [-0.1, -0.05) is 0 Å². The lowest BCUT2D eigenvalue weighted by molar-refractivity contribution is -0.133. The van der Waals surface area contributed by atoms with Crippen LogP contribution in [0.1, 0.15) is 47.8 Å². The van der Waals surface area contributed by atoms with Crippen LogP contribution in [0.25, 0.3) is 5.65 Å². The van der Waals surface area contributed by atoms with Crippen molar-refractivity contribution in [3.63, 3.8) is 0 Å². The summed E-state index contributed by atoms with van der Waals surface area (Å²) in [5, 5.41) is 0. The van der Waals surface area contributed by atoms with Crippen LogP contribution in [-0.2, 0) is 9.53 Å². The Morgan fingerprint density at radius 3 is 2.43 bits per heavy atom. The molecule has 8 nitrogen and oxygen atoms in total. The molecule has 0 atom stereocenters. The van der Waals surface area contributed by atoms with Gasteiger partial charge in [0.1, 0.15) is 6.33 Å². The fourth-order valence-corrected chi connectivity index (χ4v) is 4.30. The van der Waals surface area contributed by atoms with E-state index in [9.17, 15) is 9.59 Å². The van der Waals surface area contributed by atoms with Gasteiger partial charge in [-0.05, 0) is 31.7 Å². The number of ether oxygens (including phenoxy) is 1. The topological polar surface area (TPSA) is 80.0 Å². The molecule has 0 unspecified atom stereocenters. The van der Waals surface area contributed by atoms with Gasteiger partial charge in [-0.3, -0.25) is 14.0 Å². The molecule has 2 aromatic heterocycles. The normalized spacial score (nSPS) is 21.3. The molecule has 0 spiro atoms. The highest BCUT2D eigenvalue weighted by Gasteiger charge is 2.35. The Kier molecular flexibility index (Phi) is 4.50. The van der Waals surface area contributed by atoms with E-state index in [1.165, 1.54) is 0 Å². The number of rotatable bonds is 3. The number of carbonyl (C=O) groups excluding carboxylic acids is 2. The predicted octanol–water partition coefficient (Wildman–Crippen LogP) is 1.32. The molecule has 148 valence electrons. The largest absolute Gasteiger partial charge is 0.378 e. The molecule has 0 aromatic carbocycles. The first-order valence-electron chi connectivity index (χ1n) is 10.2. The molecule has 0 N–H and O–H groups in total. The van der Waals surface area contributed by atoms with Crippen molar-refractivity contribution in [1.29, 1.82) is 0 Å². The van der Waals surface area contributed by atoms with Crippen molar-refractivity contribution in [3.8, 4) is 0 Å². The maximum absolute atomic E-state index is 12.9. The van der Waals surface area contributed by atoms with Crippen molar-refractivity contribution in [2.45, 2.75) is 31.6 Å². The molecule has 28 heavy (non-hydrogen) atoms. The predicted molar refractivity (Wildman–Crippen MR) is 101 cm³/mol. The molecule has 5 rings (SSSR count). The number of imidazole rings is 1. The third-order valence-electron chi connectivity index (χ3n) is 6.11. The summed E-state index contributed by atoms with van der Waals surface area (Å²) in [6, 6.07) is 2.01. The molecule has 0 radical (unpaired) electrons. The van der Waals surface area contributed by atoms with E-state index in [-0.39, 0.29) is 11.8 Å². The van der Waals surface area contributed by atoms with Crippen LogP contribution in [0.15, 0.2) is 18.6 Å². The number of carbonyl (C=O) groups is 2. The van der Waals surface area contributed by atoms with Crippen LogP contribution in [0.3, 0.4) is 0 Å². The summed E-state index contributed by atoms with van der Waals surface area (Å²) in [7, 11) is 0. The van der Waals surface area contributed by atoms with Gasteiger partial charge >= 0.3 is 0 Å². The Morgan fingerprint density at radius 1 is 0.964 bits per heavy atom. The molecule has 2 saturated heterocycles. The van der Waals surface area contributed by atoms with E-state index >= 15 is 0 Å². The van der Waals surface area contributed by atoms with Gasteiger partial charge in [0.15, 0.2) is 11.3 Å². The molecule has 2 aliphatic heterocycles. The number of amides is 2. The van der Waals surface area contributed by atoms with Crippen LogP contribution in [0.5, 0.6) is 0 Å². The molecule has 8 heteroatoms. The van der Waals surface area contributed by atoms with Crippen LogP contribution in [0.4, 0.5) is 0 Å². The van der Waals surface area contributed by atoms with Crippen LogP contribution >= 0.6 is 0 Å². The van der Waals surface area contributed by atoms with Gasteiger partial charge in [-0.15, -0.1) is 0 Å². The maximum Gasteiger partial charge on any atom is 0.276 e. The minimum absolute atomic E-state index is 0.0831. The third kappa shape index (κ3) is 3.15. The summed E-state index contributed by atoms with van der Waals surface area (Å²) >= 11 is 0. The van der Waals surface area contributed by atoms with E-state index in [0.717, 1.165) is 44.5 Å². The van der Waals surface area contributed by atoms with Crippen molar-refractivity contribution in [3.05, 3.63) is 30.0 Å². The van der Waals surface area contributed by atoms with Gasteiger partial charge in [0.05, 0.1) is 13.2 Å². The number of nitrogens with zero attached hydrogens (tertiary/aromatic N) is 5. The molecule has 2 amide bonds. The van der Waals surface area contributed by atoms with Crippen molar-refractivity contribution >= 4 is 17.5 Å². The number of morpholine rings is 1. The van der Waals surface area contributed by atoms with E-state index in [0.29, 0.717) is 49.5 Å². The van der Waals surface area contributed by atoms with Crippen LogP contribution in [0, 0.1) is 5.92 Å². The molecular formula is C20H25N5O3. The van der Waals surface area contributed by atoms with Crippen molar-refractivity contribution in [2.24, 2.45) is 5.92 Å². The van der Waals surface area contributed by atoms with Gasteiger partial charge < -0.3 is 14.5 Å². The minimum Gasteiger partial charge on any atom is -0.378 e. The Balaban J connectivity index is 1.35. The first-order chi connectivity index (χ1) is 13.7. The second kappa shape index (κ2) is 7.16. The molecule has 1 aliphatic carbocycles. The van der Waals surface area contributed by atoms with E-state index in [2.05, 4.69) is 9.97 Å². The quantitative estimate of drug-likeness (QED) is 0.799. The lowest BCUT2D eigenvalue weighted by atomic mass is 9.93. The summed E-state index contributed by atoms with van der Waals surface area (Å²) in [6.07, 6.45) is 7.46. The number of hydrogen-bond acceptors (Lipinski definition) is 5. The minimum atomic E-state index is -0.0831. The van der Waals surface area contributed by atoms with Gasteiger partial charge in [0.25, 0.3) is 5.91 Å². The first-order valence-corrected chi connectivity index (χ1v) is 10.2. The zero-order valence-electron chi connectivity index (χ0n) is 15.9. The SMILES string of the molecule is O=C(c1ncn2c(C3CCN(C(=O)C4CC4)CC3)ccnc12)N1CCOCC1. The molecule has 3 fully saturated rings. The number of aromatic nitrogens is 3. The van der Waals surface area contributed by atoms with E-state index in [1.807, 2.05) is 15.4 Å². The summed E-state index contributed by atoms with van der Waals surface area (Å²) in [5.41, 5.74) is 2.15. The lowest BCUT2D eigenvalue weighted by Crippen LogP contribution is -2.41. The number of piperidine rings is 1. The summed E-state index contributed by atoms with van der Waals surface area (Å²) in [6.45, 7) is 3.91. The average Bonchev–Trinajstić information content (AvgIpc) is 3.52. The van der Waals surface area contributed by atoms with Gasteiger partial charge in [-0.2, -0.15) is 0 Å². The fraction of sp³-hybridized carbons (Fsp3) is 0.600. The van der Waals surface area contributed by atoms with Crippen LogP contribution < -0.4 is 0 Å². The maximum atomic E-state index is 12.9. The standard InChI is InChI=1S/C20H25N5O3/c26-19(15-1-2-15)23-7-4-14(5-8-23)16-3-6-21-18-17(22-13-25(16)18)20(27)24-9-11-28-12-10-24/h3,6,13-15H,1-2,4-5,7-12H2. The molecule has 3 aliphatic rings. The van der Waals surface area contributed by atoms with Crippen molar-refractivity contribution in [2.75, 3.05) is 39.4 Å². The highest BCUT2D eigenvalue weighted by Crippen LogP contribution is 2.34. The second-order valence-corrected chi connectivity index (χ2v) is 7.93. The molecular weight excluding hydrogens is 358 g/mol. The number of hydrogen-bond donors (Lipinski definition) is 0. The Labute approximate surface area is 163 Å². The van der Waals surface area contributed by atoms with Gasteiger partial charge in [0.2, 0.25) is 5.91 Å². The second-order valence-electron chi connectivity index (χ2n) is 7.93. The zero-order chi connectivity index (χ0) is 19.1. The van der Waals surface area contributed by atoms with E-state index < -0.39 is 0 Å². The van der Waals surface area contributed by atoms with Crippen LogP contribution in [0.2, 0.25) is 0 Å². The number of likely N-dealkylation sites (tertiary alicyclic amines) is 1. The Bertz CT molecular complexity index is 892. The zero-order valence-corrected chi connectivity index (χ0v) is 15.9. The van der Waals surface area contributed by atoms with E-state index in [1.54, 1.807) is 17.4 Å². The fourth-order valence-electron chi connectivity index (χ4n) is 4.30. The summed E-state index contributed by atoms with van der Waals surface area (Å²) in [4.78, 5) is 37.8. The van der Waals surface area contributed by atoms with E-state index in [4.69, 9.17) is 4.74 Å². The lowest BCUT2D eigenvalue weighted by Gasteiger charge is -2.32. The summed E-state index contributed by atoms with van der Waals surface area (Å²) in [5.74, 6) is 0.875. The van der Waals surface area contributed by atoms with Gasteiger partial charge in [0, 0.05) is 49.9 Å². The Hall–Kier alpha value is -2.48. The molecule has 2 aromatic rings. The highest BCUT2D eigenvalue weighted by molar-refractivity contribution is 5.98. The Morgan fingerprint density at radius 2 is 1.71 bits per heavy atom. The average molecular weight is 383 g/mol. The number of fused-ring (bicyclic) bond motifs is 1. The molecule has 0 bridgehead atoms. The summed E-state index contributed by atoms with van der Waals surface area (Å²) < 4.78 is 7.29. The van der Waals surface area contributed by atoms with Crippen molar-refractivity contribution in [1.82, 2.24) is 24.2 Å².